The molecular formula is C19H34O4Si. The van der Waals surface area contributed by atoms with Crippen molar-refractivity contribution in [1.29, 1.82) is 0 Å². The molecule has 0 bridgehead atoms. The third kappa shape index (κ3) is 4.70. The van der Waals surface area contributed by atoms with Crippen molar-refractivity contribution in [2.24, 2.45) is 0 Å². The van der Waals surface area contributed by atoms with Crippen molar-refractivity contribution in [1.82, 2.24) is 0 Å². The minimum absolute atomic E-state index is 0.0153. The SMILES string of the molecule is CC/C=C/C[C@H](O[Si](C)(C)C(C)(C)C)[C@H]1C[C@H]2OC(=O)CC[C@H]2O1. The largest absolute Gasteiger partial charge is 0.459 e. The second kappa shape index (κ2) is 7.71. The lowest BCUT2D eigenvalue weighted by Crippen LogP contribution is -2.47. The topological polar surface area (TPSA) is 44.8 Å². The van der Waals surface area contributed by atoms with Gasteiger partial charge in [0, 0.05) is 12.8 Å². The zero-order valence-corrected chi connectivity index (χ0v) is 17.1. The number of allylic oxidation sites excluding steroid dienone is 1. The zero-order valence-electron chi connectivity index (χ0n) is 16.1. The molecule has 0 unspecified atom stereocenters. The number of fused-ring (bicyclic) bond motifs is 1. The van der Waals surface area contributed by atoms with Crippen molar-refractivity contribution in [3.8, 4) is 0 Å². The molecule has 0 saturated carbocycles. The number of carbonyl (C=O) groups is 1. The molecule has 4 atom stereocenters. The lowest BCUT2D eigenvalue weighted by molar-refractivity contribution is -0.159. The lowest BCUT2D eigenvalue weighted by Gasteiger charge is -2.40. The third-order valence-corrected chi connectivity index (χ3v) is 10.1. The van der Waals surface area contributed by atoms with E-state index in [0.29, 0.717) is 6.42 Å². The van der Waals surface area contributed by atoms with E-state index in [0.717, 1.165) is 25.7 Å². The lowest BCUT2D eigenvalue weighted by atomic mass is 10.0. The van der Waals surface area contributed by atoms with Crippen LogP contribution in [0.25, 0.3) is 0 Å². The minimum atomic E-state index is -1.88. The van der Waals surface area contributed by atoms with E-state index in [2.05, 4.69) is 52.9 Å². The Morgan fingerprint density at radius 2 is 2.00 bits per heavy atom. The molecule has 0 aromatic carbocycles. The highest BCUT2D eigenvalue weighted by atomic mass is 28.4. The average molecular weight is 355 g/mol. The Hall–Kier alpha value is -0.653. The first kappa shape index (κ1) is 19.7. The molecule has 0 radical (unpaired) electrons. The van der Waals surface area contributed by atoms with Crippen LogP contribution in [0.3, 0.4) is 0 Å². The molecule has 2 aliphatic heterocycles. The highest BCUT2D eigenvalue weighted by Gasteiger charge is 2.46. The van der Waals surface area contributed by atoms with Gasteiger partial charge in [-0.15, -0.1) is 0 Å². The molecule has 2 aliphatic rings. The van der Waals surface area contributed by atoms with Crippen molar-refractivity contribution in [3.63, 3.8) is 0 Å². The molecule has 138 valence electrons. The number of rotatable bonds is 6. The Labute approximate surface area is 148 Å². The van der Waals surface area contributed by atoms with Gasteiger partial charge in [0.1, 0.15) is 6.10 Å². The van der Waals surface area contributed by atoms with E-state index in [1.54, 1.807) is 0 Å². The van der Waals surface area contributed by atoms with Crippen LogP contribution in [0.2, 0.25) is 18.1 Å². The first-order valence-electron chi connectivity index (χ1n) is 9.32. The Kier molecular flexibility index (Phi) is 6.32. The van der Waals surface area contributed by atoms with Gasteiger partial charge in [0.05, 0.1) is 18.3 Å². The molecule has 0 spiro atoms. The van der Waals surface area contributed by atoms with Crippen LogP contribution < -0.4 is 0 Å². The van der Waals surface area contributed by atoms with Gasteiger partial charge in [0.25, 0.3) is 0 Å². The first-order chi connectivity index (χ1) is 11.1. The fourth-order valence-electron chi connectivity index (χ4n) is 3.08. The Morgan fingerprint density at radius 3 is 2.62 bits per heavy atom. The molecule has 24 heavy (non-hydrogen) atoms. The molecule has 0 aromatic heterocycles. The molecule has 2 fully saturated rings. The predicted molar refractivity (Wildman–Crippen MR) is 98.5 cm³/mol. The second-order valence-corrected chi connectivity index (χ2v) is 13.3. The van der Waals surface area contributed by atoms with E-state index in [1.165, 1.54) is 0 Å². The van der Waals surface area contributed by atoms with Crippen molar-refractivity contribution in [3.05, 3.63) is 12.2 Å². The summed E-state index contributed by atoms with van der Waals surface area (Å²) in [4.78, 5) is 11.5. The predicted octanol–water partition coefficient (Wildman–Crippen LogP) is 4.60. The van der Waals surface area contributed by atoms with Crippen LogP contribution in [0.5, 0.6) is 0 Å². The van der Waals surface area contributed by atoms with Crippen LogP contribution in [0.1, 0.15) is 59.8 Å². The number of hydrogen-bond acceptors (Lipinski definition) is 4. The molecule has 0 aromatic rings. The van der Waals surface area contributed by atoms with E-state index < -0.39 is 8.32 Å². The average Bonchev–Trinajstić information content (AvgIpc) is 2.88. The molecule has 2 heterocycles. The summed E-state index contributed by atoms with van der Waals surface area (Å²) in [5.74, 6) is -0.0896. The van der Waals surface area contributed by atoms with Gasteiger partial charge in [0.2, 0.25) is 0 Å². The molecule has 2 saturated heterocycles. The van der Waals surface area contributed by atoms with Crippen LogP contribution in [-0.4, -0.2) is 38.7 Å². The molecule has 5 heteroatoms. The highest BCUT2D eigenvalue weighted by Crippen LogP contribution is 2.40. The van der Waals surface area contributed by atoms with E-state index in [-0.39, 0.29) is 35.4 Å². The van der Waals surface area contributed by atoms with Crippen LogP contribution in [-0.2, 0) is 18.7 Å². The summed E-state index contributed by atoms with van der Waals surface area (Å²) in [6, 6.07) is 0. The second-order valence-electron chi connectivity index (χ2n) is 8.55. The summed E-state index contributed by atoms with van der Waals surface area (Å²) < 4.78 is 18.4. The Morgan fingerprint density at radius 1 is 1.29 bits per heavy atom. The summed E-state index contributed by atoms with van der Waals surface area (Å²) in [6.07, 6.45) is 8.30. The molecule has 4 nitrogen and oxygen atoms in total. The van der Waals surface area contributed by atoms with Gasteiger partial charge in [-0.2, -0.15) is 0 Å². The van der Waals surface area contributed by atoms with Gasteiger partial charge in [-0.3, -0.25) is 4.79 Å². The molecule has 0 N–H and O–H groups in total. The van der Waals surface area contributed by atoms with Crippen molar-refractivity contribution < 1.29 is 18.7 Å². The molecule has 0 aliphatic carbocycles. The van der Waals surface area contributed by atoms with Gasteiger partial charge < -0.3 is 13.9 Å². The van der Waals surface area contributed by atoms with Gasteiger partial charge in [-0.1, -0.05) is 39.8 Å². The molecule has 0 amide bonds. The summed E-state index contributed by atoms with van der Waals surface area (Å²) in [6.45, 7) is 13.5. The van der Waals surface area contributed by atoms with E-state index in [4.69, 9.17) is 13.9 Å². The van der Waals surface area contributed by atoms with E-state index >= 15 is 0 Å². The van der Waals surface area contributed by atoms with E-state index in [1.807, 2.05) is 0 Å². The standard InChI is InChI=1S/C19H34O4Si/c1-7-8-9-10-15(23-24(5,6)19(2,3)4)17-13-16-14(21-17)11-12-18(20)22-16/h8-9,14-17H,7,10-13H2,1-6H3/b9-8+/t14-,15+,16-,17-/m1/s1. The number of esters is 1. The summed E-state index contributed by atoms with van der Waals surface area (Å²) in [5, 5.41) is 0.164. The van der Waals surface area contributed by atoms with Crippen LogP contribution >= 0.6 is 0 Å². The van der Waals surface area contributed by atoms with Gasteiger partial charge >= 0.3 is 5.97 Å². The maximum absolute atomic E-state index is 11.5. The number of ether oxygens (including phenoxy) is 2. The maximum Gasteiger partial charge on any atom is 0.306 e. The smallest absolute Gasteiger partial charge is 0.306 e. The summed E-state index contributed by atoms with van der Waals surface area (Å²) >= 11 is 0. The van der Waals surface area contributed by atoms with Gasteiger partial charge in [0.15, 0.2) is 8.32 Å². The number of hydrogen-bond donors (Lipinski definition) is 0. The van der Waals surface area contributed by atoms with Gasteiger partial charge in [-0.25, -0.2) is 0 Å². The van der Waals surface area contributed by atoms with Crippen molar-refractivity contribution >= 4 is 14.3 Å². The minimum Gasteiger partial charge on any atom is -0.459 e. The van der Waals surface area contributed by atoms with Crippen molar-refractivity contribution in [2.45, 2.75) is 102 Å². The Bertz CT molecular complexity index is 466. The molecular weight excluding hydrogens is 320 g/mol. The first-order valence-corrected chi connectivity index (χ1v) is 12.2. The maximum atomic E-state index is 11.5. The quantitative estimate of drug-likeness (QED) is 0.397. The van der Waals surface area contributed by atoms with Crippen molar-refractivity contribution in [2.75, 3.05) is 0 Å². The highest BCUT2D eigenvalue weighted by molar-refractivity contribution is 6.74. The van der Waals surface area contributed by atoms with Gasteiger partial charge in [-0.05, 0) is 37.4 Å². The third-order valence-electron chi connectivity index (χ3n) is 5.58. The van der Waals surface area contributed by atoms with Crippen LogP contribution in [0.15, 0.2) is 12.2 Å². The Balaban J connectivity index is 2.09. The fourth-order valence-corrected chi connectivity index (χ4v) is 4.44. The monoisotopic (exact) mass is 354 g/mol. The fraction of sp³-hybridized carbons (Fsp3) is 0.842. The van der Waals surface area contributed by atoms with Crippen LogP contribution in [0.4, 0.5) is 0 Å². The molecule has 2 rings (SSSR count). The number of carbonyl (C=O) groups excluding carboxylic acids is 1. The zero-order chi connectivity index (χ0) is 18.0. The normalized spacial score (nSPS) is 29.6. The summed E-state index contributed by atoms with van der Waals surface area (Å²) in [7, 11) is -1.88. The van der Waals surface area contributed by atoms with Crippen LogP contribution in [0, 0.1) is 0 Å². The summed E-state index contributed by atoms with van der Waals surface area (Å²) in [5.41, 5.74) is 0. The van der Waals surface area contributed by atoms with E-state index in [9.17, 15) is 4.79 Å².